The minimum Gasteiger partial charge on any atom is -0.243 e. The molecule has 1 heterocycles. The van der Waals surface area contributed by atoms with Crippen LogP contribution in [0.25, 0.3) is 0 Å². The van der Waals surface area contributed by atoms with Crippen LogP contribution in [0, 0.1) is 12.9 Å². The van der Waals surface area contributed by atoms with Crippen molar-refractivity contribution >= 4 is 0 Å². The molecule has 2 nitrogen and oxygen atoms in total. The standard InChI is InChI=1S/C5H7FN2.2C2H6/c1-4-3-7-8(2)5(4)6;2*1-2/h3H,1-2H3;2*1-2H3. The predicted molar refractivity (Wildman–Crippen MR) is 50.6 cm³/mol. The van der Waals surface area contributed by atoms with Crippen LogP contribution in [-0.2, 0) is 7.05 Å². The van der Waals surface area contributed by atoms with E-state index in [0.717, 1.165) is 0 Å². The maximum absolute atomic E-state index is 12.4. The Kier molecular flexibility index (Phi) is 9.41. The zero-order valence-corrected chi connectivity index (χ0v) is 8.85. The Balaban J connectivity index is 0. The van der Waals surface area contributed by atoms with E-state index in [2.05, 4.69) is 5.10 Å². The van der Waals surface area contributed by atoms with E-state index < -0.39 is 0 Å². The summed E-state index contributed by atoms with van der Waals surface area (Å²) in [6.07, 6.45) is 1.50. The number of rotatable bonds is 0. The predicted octanol–water partition coefficient (Wildman–Crippen LogP) is 2.92. The van der Waals surface area contributed by atoms with Gasteiger partial charge in [0.1, 0.15) is 0 Å². The molecule has 3 heteroatoms. The van der Waals surface area contributed by atoms with Crippen LogP contribution >= 0.6 is 0 Å². The number of halogens is 1. The molecular weight excluding hydrogens is 155 g/mol. The van der Waals surface area contributed by atoms with Crippen molar-refractivity contribution in [1.82, 2.24) is 9.78 Å². The van der Waals surface area contributed by atoms with Gasteiger partial charge in [-0.25, -0.2) is 4.68 Å². The Morgan fingerprint density at radius 2 is 1.67 bits per heavy atom. The molecule has 1 aromatic rings. The van der Waals surface area contributed by atoms with Crippen LogP contribution in [0.1, 0.15) is 33.3 Å². The first-order valence-corrected chi connectivity index (χ1v) is 4.36. The van der Waals surface area contributed by atoms with E-state index in [4.69, 9.17) is 0 Å². The minimum absolute atomic E-state index is 0.259. The Hall–Kier alpha value is -0.860. The molecule has 0 saturated carbocycles. The fourth-order valence-electron chi connectivity index (χ4n) is 0.532. The van der Waals surface area contributed by atoms with Gasteiger partial charge in [0, 0.05) is 12.6 Å². The third-order valence-corrected chi connectivity index (χ3v) is 1.03. The highest BCUT2D eigenvalue weighted by Gasteiger charge is 1.98. The van der Waals surface area contributed by atoms with Crippen LogP contribution in [-0.4, -0.2) is 9.78 Å². The maximum Gasteiger partial charge on any atom is 0.214 e. The van der Waals surface area contributed by atoms with Crippen molar-refractivity contribution in [2.75, 3.05) is 0 Å². The van der Waals surface area contributed by atoms with Gasteiger partial charge in [-0.05, 0) is 6.92 Å². The largest absolute Gasteiger partial charge is 0.243 e. The molecule has 0 N–H and O–H groups in total. The van der Waals surface area contributed by atoms with Gasteiger partial charge >= 0.3 is 0 Å². The van der Waals surface area contributed by atoms with E-state index in [1.54, 1.807) is 14.0 Å². The molecule has 0 radical (unpaired) electrons. The lowest BCUT2D eigenvalue weighted by atomic mass is 10.4. The Labute approximate surface area is 74.4 Å². The Morgan fingerprint density at radius 1 is 1.25 bits per heavy atom. The van der Waals surface area contributed by atoms with Crippen molar-refractivity contribution in [3.63, 3.8) is 0 Å². The number of nitrogens with zero attached hydrogens (tertiary/aromatic N) is 2. The third kappa shape index (κ3) is 4.11. The van der Waals surface area contributed by atoms with Crippen molar-refractivity contribution < 1.29 is 4.39 Å². The van der Waals surface area contributed by atoms with E-state index in [9.17, 15) is 4.39 Å². The van der Waals surface area contributed by atoms with Crippen molar-refractivity contribution in [3.05, 3.63) is 17.7 Å². The van der Waals surface area contributed by atoms with E-state index in [0.29, 0.717) is 5.56 Å². The summed E-state index contributed by atoms with van der Waals surface area (Å²) in [5.41, 5.74) is 0.590. The molecule has 12 heavy (non-hydrogen) atoms. The molecule has 0 aliphatic rings. The normalized spacial score (nSPS) is 7.58. The van der Waals surface area contributed by atoms with Gasteiger partial charge in [0.25, 0.3) is 0 Å². The molecule has 0 saturated heterocycles. The first-order valence-electron chi connectivity index (χ1n) is 4.36. The molecule has 1 rings (SSSR count). The third-order valence-electron chi connectivity index (χ3n) is 1.03. The highest BCUT2D eigenvalue weighted by Crippen LogP contribution is 2.00. The molecule has 0 amide bonds. The second-order valence-electron chi connectivity index (χ2n) is 1.74. The summed E-state index contributed by atoms with van der Waals surface area (Å²) in [5, 5.41) is 3.66. The molecule has 0 bridgehead atoms. The van der Waals surface area contributed by atoms with Crippen molar-refractivity contribution in [3.8, 4) is 0 Å². The van der Waals surface area contributed by atoms with Gasteiger partial charge in [0.2, 0.25) is 5.95 Å². The van der Waals surface area contributed by atoms with Gasteiger partial charge in [0.05, 0.1) is 6.20 Å². The van der Waals surface area contributed by atoms with Crippen molar-refractivity contribution in [2.24, 2.45) is 7.05 Å². The lowest BCUT2D eigenvalue weighted by Crippen LogP contribution is -1.93. The lowest BCUT2D eigenvalue weighted by Gasteiger charge is -1.86. The fraction of sp³-hybridized carbons (Fsp3) is 0.667. The molecule has 0 unspecified atom stereocenters. The first kappa shape index (κ1) is 13.7. The first-order chi connectivity index (χ1) is 5.72. The van der Waals surface area contributed by atoms with E-state index in [1.807, 2.05) is 27.7 Å². The molecule has 72 valence electrons. The second kappa shape index (κ2) is 8.24. The van der Waals surface area contributed by atoms with Gasteiger partial charge in [-0.15, -0.1) is 0 Å². The van der Waals surface area contributed by atoms with Gasteiger partial charge in [-0.1, -0.05) is 27.7 Å². The van der Waals surface area contributed by atoms with Crippen LogP contribution in [0.3, 0.4) is 0 Å². The topological polar surface area (TPSA) is 17.8 Å². The van der Waals surface area contributed by atoms with Crippen molar-refractivity contribution in [1.29, 1.82) is 0 Å². The molecule has 0 aromatic carbocycles. The van der Waals surface area contributed by atoms with E-state index in [1.165, 1.54) is 10.9 Å². The summed E-state index contributed by atoms with van der Waals surface area (Å²) >= 11 is 0. The Morgan fingerprint density at radius 3 is 1.75 bits per heavy atom. The smallest absolute Gasteiger partial charge is 0.214 e. The highest BCUT2D eigenvalue weighted by atomic mass is 19.1. The molecule has 0 aliphatic heterocycles. The number of aryl methyl sites for hydroxylation is 2. The zero-order chi connectivity index (χ0) is 10.1. The van der Waals surface area contributed by atoms with Crippen LogP contribution in [0.5, 0.6) is 0 Å². The molecule has 0 spiro atoms. The highest BCUT2D eigenvalue weighted by molar-refractivity contribution is 5.01. The zero-order valence-electron chi connectivity index (χ0n) is 8.85. The summed E-state index contributed by atoms with van der Waals surface area (Å²) in [6, 6.07) is 0. The maximum atomic E-state index is 12.4. The van der Waals surface area contributed by atoms with Gasteiger partial charge in [0.15, 0.2) is 0 Å². The van der Waals surface area contributed by atoms with Crippen molar-refractivity contribution in [2.45, 2.75) is 34.6 Å². The van der Waals surface area contributed by atoms with Crippen LogP contribution in [0.15, 0.2) is 6.20 Å². The monoisotopic (exact) mass is 174 g/mol. The van der Waals surface area contributed by atoms with Crippen LogP contribution in [0.2, 0.25) is 0 Å². The summed E-state index contributed by atoms with van der Waals surface area (Å²) in [4.78, 5) is 0. The molecule has 0 fully saturated rings. The van der Waals surface area contributed by atoms with Crippen LogP contribution in [0.4, 0.5) is 4.39 Å². The van der Waals surface area contributed by atoms with E-state index >= 15 is 0 Å². The fourth-order valence-corrected chi connectivity index (χ4v) is 0.532. The second-order valence-corrected chi connectivity index (χ2v) is 1.74. The number of aromatic nitrogens is 2. The van der Waals surface area contributed by atoms with Gasteiger partial charge in [-0.3, -0.25) is 0 Å². The number of hydrogen-bond acceptors (Lipinski definition) is 1. The summed E-state index contributed by atoms with van der Waals surface area (Å²) in [5.74, 6) is -0.259. The summed E-state index contributed by atoms with van der Waals surface area (Å²) in [7, 11) is 1.57. The summed E-state index contributed by atoms with van der Waals surface area (Å²) in [6.45, 7) is 9.68. The molecule has 1 aromatic heterocycles. The average molecular weight is 174 g/mol. The molecule has 0 atom stereocenters. The van der Waals surface area contributed by atoms with E-state index in [-0.39, 0.29) is 5.95 Å². The van der Waals surface area contributed by atoms with Crippen LogP contribution < -0.4 is 0 Å². The van der Waals surface area contributed by atoms with Gasteiger partial charge in [-0.2, -0.15) is 9.49 Å². The molecular formula is C9H19FN2. The quantitative estimate of drug-likeness (QED) is 0.591. The van der Waals surface area contributed by atoms with Gasteiger partial charge < -0.3 is 0 Å². The Bertz CT molecular complexity index is 175. The SMILES string of the molecule is CC.CC.Cc1cnn(C)c1F. The lowest BCUT2D eigenvalue weighted by molar-refractivity contribution is 0.499. The molecule has 0 aliphatic carbocycles. The average Bonchev–Trinajstić information content (AvgIpc) is 2.43. The minimum atomic E-state index is -0.259. The number of hydrogen-bond donors (Lipinski definition) is 0. The summed E-state index contributed by atoms with van der Waals surface area (Å²) < 4.78 is 13.6.